The Morgan fingerprint density at radius 3 is 2.40 bits per heavy atom. The second-order valence-electron chi connectivity index (χ2n) is 5.42. The molecule has 3 nitrogen and oxygen atoms in total. The lowest BCUT2D eigenvalue weighted by atomic mass is 9.80. The van der Waals surface area contributed by atoms with Crippen LogP contribution in [0.1, 0.15) is 37.3 Å². The van der Waals surface area contributed by atoms with Gasteiger partial charge in [-0.15, -0.1) is 0 Å². The van der Waals surface area contributed by atoms with Crippen LogP contribution in [0.4, 0.5) is 8.78 Å². The summed E-state index contributed by atoms with van der Waals surface area (Å²) in [5.74, 6) is -5.33. The number of benzene rings is 1. The fourth-order valence-corrected chi connectivity index (χ4v) is 2.83. The molecule has 0 saturated heterocycles. The summed E-state index contributed by atoms with van der Waals surface area (Å²) in [7, 11) is 0. The molecule has 1 saturated carbocycles. The highest BCUT2D eigenvalue weighted by Crippen LogP contribution is 2.47. The summed E-state index contributed by atoms with van der Waals surface area (Å²) in [6, 6.07) is 6.47. The van der Waals surface area contributed by atoms with Crippen LogP contribution in [0.15, 0.2) is 24.3 Å². The average molecular weight is 284 g/mol. The summed E-state index contributed by atoms with van der Waals surface area (Å²) in [4.78, 5) is 11.5. The fourth-order valence-electron chi connectivity index (χ4n) is 2.83. The van der Waals surface area contributed by atoms with E-state index in [0.29, 0.717) is 0 Å². The molecule has 110 valence electrons. The molecule has 0 aromatic heterocycles. The molecule has 0 aliphatic heterocycles. The van der Waals surface area contributed by atoms with Crippen molar-refractivity contribution in [1.29, 1.82) is 0 Å². The minimum Gasteiger partial charge on any atom is -0.479 e. The maximum absolute atomic E-state index is 13.3. The summed E-state index contributed by atoms with van der Waals surface area (Å²) in [6.45, 7) is 1.95. The van der Waals surface area contributed by atoms with Gasteiger partial charge in [-0.25, -0.2) is 13.6 Å². The predicted molar refractivity (Wildman–Crippen MR) is 69.6 cm³/mol. The van der Waals surface area contributed by atoms with Gasteiger partial charge in [-0.3, -0.25) is 0 Å². The van der Waals surface area contributed by atoms with Gasteiger partial charge in [0.2, 0.25) is 5.92 Å². The molecule has 5 heteroatoms. The van der Waals surface area contributed by atoms with Crippen molar-refractivity contribution in [3.8, 4) is 0 Å². The Labute approximate surface area is 116 Å². The third kappa shape index (κ3) is 2.54. The summed E-state index contributed by atoms with van der Waals surface area (Å²) in [5.41, 5.74) is -1.07. The lowest BCUT2D eigenvalue weighted by Gasteiger charge is -2.30. The van der Waals surface area contributed by atoms with Gasteiger partial charge in [-0.1, -0.05) is 31.2 Å². The number of rotatable bonds is 4. The zero-order valence-corrected chi connectivity index (χ0v) is 11.3. The van der Waals surface area contributed by atoms with Gasteiger partial charge in [0, 0.05) is 18.8 Å². The van der Waals surface area contributed by atoms with Crippen LogP contribution in [0.3, 0.4) is 0 Å². The Morgan fingerprint density at radius 2 is 2.00 bits per heavy atom. The van der Waals surface area contributed by atoms with Crippen LogP contribution in [0.5, 0.6) is 0 Å². The number of carboxylic acids is 1. The summed E-state index contributed by atoms with van der Waals surface area (Å²) >= 11 is 0. The molecule has 1 aromatic carbocycles. The summed E-state index contributed by atoms with van der Waals surface area (Å²) in [5, 5.41) is 19.9. The number of alkyl halides is 2. The third-order valence-electron chi connectivity index (χ3n) is 4.12. The summed E-state index contributed by atoms with van der Waals surface area (Å²) in [6.07, 6.45) is -0.176. The van der Waals surface area contributed by atoms with Crippen molar-refractivity contribution in [2.24, 2.45) is 5.92 Å². The Balaban J connectivity index is 2.36. The van der Waals surface area contributed by atoms with Crippen LogP contribution in [0.2, 0.25) is 0 Å². The normalized spacial score (nSPS) is 24.3. The van der Waals surface area contributed by atoms with Crippen molar-refractivity contribution in [3.05, 3.63) is 35.4 Å². The molecule has 0 radical (unpaired) electrons. The SMILES string of the molecule is CCc1ccc([C@@](O)(C(=O)O)[C@@H]2CCC(F)(F)C2)cc1. The Morgan fingerprint density at radius 1 is 1.40 bits per heavy atom. The maximum Gasteiger partial charge on any atom is 0.340 e. The molecule has 1 aromatic rings. The van der Waals surface area contributed by atoms with Crippen LogP contribution in [-0.2, 0) is 16.8 Å². The first-order valence-electron chi connectivity index (χ1n) is 6.72. The standard InChI is InChI=1S/C15H18F2O3/c1-2-10-3-5-11(6-4-10)15(20,13(18)19)12-7-8-14(16,17)9-12/h3-6,12,20H,2,7-9H2,1H3,(H,18,19)/t12-,15+/m1/s1. The molecule has 2 rings (SSSR count). The highest BCUT2D eigenvalue weighted by atomic mass is 19.3. The molecule has 2 atom stereocenters. The number of aryl methyl sites for hydroxylation is 1. The van der Waals surface area contributed by atoms with Gasteiger partial charge in [0.25, 0.3) is 0 Å². The van der Waals surface area contributed by atoms with Crippen molar-refractivity contribution in [3.63, 3.8) is 0 Å². The Bertz CT molecular complexity index is 498. The quantitative estimate of drug-likeness (QED) is 0.893. The predicted octanol–water partition coefficient (Wildman–Crippen LogP) is 2.96. The number of aliphatic carboxylic acids is 1. The highest BCUT2D eigenvalue weighted by molar-refractivity contribution is 5.79. The molecular weight excluding hydrogens is 266 g/mol. The Kier molecular flexibility index (Phi) is 3.82. The largest absolute Gasteiger partial charge is 0.479 e. The lowest BCUT2D eigenvalue weighted by molar-refractivity contribution is -0.167. The summed E-state index contributed by atoms with van der Waals surface area (Å²) < 4.78 is 26.6. The van der Waals surface area contributed by atoms with E-state index in [4.69, 9.17) is 0 Å². The van der Waals surface area contributed by atoms with Crippen molar-refractivity contribution in [1.82, 2.24) is 0 Å². The number of hydrogen-bond acceptors (Lipinski definition) is 2. The van der Waals surface area contributed by atoms with E-state index in [0.717, 1.165) is 12.0 Å². The van der Waals surface area contributed by atoms with E-state index in [9.17, 15) is 23.8 Å². The first kappa shape index (κ1) is 14.9. The van der Waals surface area contributed by atoms with Crippen LogP contribution in [-0.4, -0.2) is 22.1 Å². The van der Waals surface area contributed by atoms with Crippen LogP contribution < -0.4 is 0 Å². The molecule has 1 aliphatic rings. The molecule has 1 fully saturated rings. The zero-order valence-electron chi connectivity index (χ0n) is 11.3. The zero-order chi connectivity index (χ0) is 15.0. The second kappa shape index (κ2) is 5.13. The molecule has 1 aliphatic carbocycles. The van der Waals surface area contributed by atoms with E-state index in [-0.39, 0.29) is 18.4 Å². The van der Waals surface area contributed by atoms with Gasteiger partial charge in [0.15, 0.2) is 5.60 Å². The van der Waals surface area contributed by atoms with Gasteiger partial charge in [0.05, 0.1) is 0 Å². The van der Waals surface area contributed by atoms with E-state index < -0.39 is 29.8 Å². The van der Waals surface area contributed by atoms with Crippen molar-refractivity contribution in [2.45, 2.75) is 44.1 Å². The molecule has 0 amide bonds. The van der Waals surface area contributed by atoms with Gasteiger partial charge >= 0.3 is 5.97 Å². The third-order valence-corrected chi connectivity index (χ3v) is 4.12. The van der Waals surface area contributed by atoms with E-state index in [1.165, 1.54) is 12.1 Å². The Hall–Kier alpha value is -1.49. The van der Waals surface area contributed by atoms with E-state index in [1.54, 1.807) is 12.1 Å². The molecule has 0 spiro atoms. The van der Waals surface area contributed by atoms with Crippen LogP contribution >= 0.6 is 0 Å². The number of carbonyl (C=O) groups is 1. The van der Waals surface area contributed by atoms with E-state index in [2.05, 4.69) is 0 Å². The molecule has 0 unspecified atom stereocenters. The first-order valence-corrected chi connectivity index (χ1v) is 6.72. The molecule has 2 N–H and O–H groups in total. The van der Waals surface area contributed by atoms with E-state index >= 15 is 0 Å². The molecular formula is C15H18F2O3. The number of hydrogen-bond donors (Lipinski definition) is 2. The first-order chi connectivity index (χ1) is 9.29. The fraction of sp³-hybridized carbons (Fsp3) is 0.533. The molecule has 20 heavy (non-hydrogen) atoms. The lowest BCUT2D eigenvalue weighted by Crippen LogP contribution is -2.42. The smallest absolute Gasteiger partial charge is 0.340 e. The van der Waals surface area contributed by atoms with Gasteiger partial charge < -0.3 is 10.2 Å². The second-order valence-corrected chi connectivity index (χ2v) is 5.42. The van der Waals surface area contributed by atoms with Gasteiger partial charge in [0.1, 0.15) is 0 Å². The number of aliphatic hydroxyl groups is 1. The molecule has 0 heterocycles. The number of carboxylic acid groups (broad SMARTS) is 1. The van der Waals surface area contributed by atoms with Crippen molar-refractivity contribution in [2.75, 3.05) is 0 Å². The monoisotopic (exact) mass is 284 g/mol. The van der Waals surface area contributed by atoms with E-state index in [1.807, 2.05) is 6.92 Å². The van der Waals surface area contributed by atoms with Gasteiger partial charge in [-0.2, -0.15) is 0 Å². The van der Waals surface area contributed by atoms with Crippen LogP contribution in [0.25, 0.3) is 0 Å². The minimum atomic E-state index is -2.89. The highest BCUT2D eigenvalue weighted by Gasteiger charge is 2.53. The average Bonchev–Trinajstić information content (AvgIpc) is 2.78. The minimum absolute atomic E-state index is 0.00529. The molecule has 0 bridgehead atoms. The number of halogens is 2. The van der Waals surface area contributed by atoms with Crippen molar-refractivity contribution >= 4 is 5.97 Å². The van der Waals surface area contributed by atoms with Gasteiger partial charge in [-0.05, 0) is 24.0 Å². The maximum atomic E-state index is 13.3. The van der Waals surface area contributed by atoms with Crippen molar-refractivity contribution < 1.29 is 23.8 Å². The topological polar surface area (TPSA) is 57.5 Å². The van der Waals surface area contributed by atoms with Crippen LogP contribution in [0, 0.1) is 5.92 Å².